The number of thiol groups is 2. The molecule has 0 atom stereocenters. The highest BCUT2D eigenvalue weighted by atomic mass is 32.2. The van der Waals surface area contributed by atoms with Crippen LogP contribution in [0.3, 0.4) is 0 Å². The molecule has 0 radical (unpaired) electrons. The van der Waals surface area contributed by atoms with E-state index in [1.165, 1.54) is 44.2 Å². The average Bonchev–Trinajstić information content (AvgIpc) is 0.960. The molecular weight excluding hydrogens is 1320 g/mol. The van der Waals surface area contributed by atoms with Gasteiger partial charge in [0.2, 0.25) is 59.0 Å². The van der Waals surface area contributed by atoms with Gasteiger partial charge >= 0.3 is 0 Å². The highest BCUT2D eigenvalue weighted by molar-refractivity contribution is 7.94. The molecule has 1 N–H and O–H groups in total. The Morgan fingerprint density at radius 2 is 0.609 bits per heavy atom. The molecule has 0 spiro atoms. The predicted molar refractivity (Wildman–Crippen MR) is 323 cm³/mol. The Morgan fingerprint density at radius 3 is 0.931 bits per heavy atom. The van der Waals surface area contributed by atoms with Crippen molar-refractivity contribution < 1.29 is 80.3 Å². The van der Waals surface area contributed by atoms with Crippen molar-refractivity contribution in [3.8, 4) is 0 Å². The number of rotatable bonds is 18. The number of hydrogen-bond donors (Lipinski definition) is 3. The maximum absolute atomic E-state index is 14.5. The third kappa shape index (κ3) is 12.3. The van der Waals surface area contributed by atoms with E-state index in [4.69, 9.17) is 0 Å². The molecule has 0 unspecified atom stereocenters. The zero-order chi connectivity index (χ0) is 64.7. The molecule has 0 saturated heterocycles. The molecule has 460 valence electrons. The van der Waals surface area contributed by atoms with Crippen molar-refractivity contribution >= 4 is 102 Å². The Balaban J connectivity index is 0.950. The van der Waals surface area contributed by atoms with Crippen LogP contribution in [0.2, 0.25) is 0 Å². The lowest BCUT2D eigenvalue weighted by molar-refractivity contribution is 0.384. The van der Waals surface area contributed by atoms with E-state index in [0.717, 1.165) is 152 Å². The van der Waals surface area contributed by atoms with Crippen molar-refractivity contribution in [1.82, 2.24) is 0 Å². The molecule has 0 saturated carbocycles. The molecule has 0 aliphatic carbocycles. The van der Waals surface area contributed by atoms with Crippen LogP contribution >= 0.6 is 12.6 Å². The van der Waals surface area contributed by atoms with Crippen LogP contribution in [0, 0.1) is 0 Å². The maximum Gasteiger partial charge on any atom is 0.294 e. The Kier molecular flexibility index (Phi) is 17.5. The van der Waals surface area contributed by atoms with Gasteiger partial charge in [0.25, 0.3) is 10.1 Å². The van der Waals surface area contributed by atoms with Gasteiger partial charge in [0.15, 0.2) is 20.5 Å². The van der Waals surface area contributed by atoms with E-state index in [1.807, 2.05) is 0 Å². The van der Waals surface area contributed by atoms with Crippen molar-refractivity contribution in [1.29, 1.82) is 0 Å². The van der Waals surface area contributed by atoms with E-state index in [9.17, 15) is 80.3 Å². The maximum atomic E-state index is 14.5. The summed E-state index contributed by atoms with van der Waals surface area (Å²) in [5.74, 6) is 0. The molecule has 87 heavy (non-hydrogen) atoms. The van der Waals surface area contributed by atoms with Gasteiger partial charge < -0.3 is 0 Å². The minimum atomic E-state index is -4.87. The molecule has 0 heterocycles. The van der Waals surface area contributed by atoms with Gasteiger partial charge in [-0.2, -0.15) is 8.42 Å². The van der Waals surface area contributed by atoms with Crippen molar-refractivity contribution in [2.24, 2.45) is 0 Å². The number of hydrogen-bond acceptors (Lipinski definition) is 19. The minimum Gasteiger partial charge on any atom is -0.282 e. The van der Waals surface area contributed by atoms with Crippen LogP contribution in [0.25, 0.3) is 0 Å². The van der Waals surface area contributed by atoms with E-state index >= 15 is 0 Å². The molecule has 0 amide bonds. The first-order valence-electron chi connectivity index (χ1n) is 25.4. The molecule has 0 aliphatic rings. The fourth-order valence-corrected chi connectivity index (χ4v) is 20.8. The van der Waals surface area contributed by atoms with Crippen molar-refractivity contribution in [3.05, 3.63) is 193 Å². The minimum absolute atomic E-state index is 0.0962. The Hall–Kier alpha value is -6.38. The molecule has 19 nitrogen and oxygen atoms in total. The zero-order valence-electron chi connectivity index (χ0n) is 46.8. The van der Waals surface area contributed by atoms with Crippen LogP contribution < -0.4 is 0 Å². The second-order valence-corrected chi connectivity index (χ2v) is 38.9. The summed E-state index contributed by atoms with van der Waals surface area (Å²) in [6, 6.07) is 33.0. The lowest BCUT2D eigenvalue weighted by Gasteiger charge is -2.41. The first kappa shape index (κ1) is 66.6. The predicted octanol–water partition coefficient (Wildman–Crippen LogP) is 9.02. The zero-order valence-corrected chi connectivity index (χ0v) is 55.1. The molecule has 0 fully saturated rings. The van der Waals surface area contributed by atoms with Gasteiger partial charge in [-0.05, 0) is 194 Å². The van der Waals surface area contributed by atoms with E-state index < -0.39 is 130 Å². The summed E-state index contributed by atoms with van der Waals surface area (Å²) >= 11 is 4.26. The van der Waals surface area contributed by atoms with E-state index in [1.54, 1.807) is 34.6 Å². The van der Waals surface area contributed by atoms with Gasteiger partial charge in [0, 0.05) is 10.3 Å². The number of sulfone groups is 7. The average molecular weight is 1380 g/mol. The van der Waals surface area contributed by atoms with Gasteiger partial charge in [0.05, 0.1) is 78.2 Å². The van der Waals surface area contributed by atoms with Crippen LogP contribution in [0.1, 0.15) is 59.6 Å². The van der Waals surface area contributed by atoms with Gasteiger partial charge in [-0.3, -0.25) is 4.55 Å². The van der Waals surface area contributed by atoms with Crippen molar-refractivity contribution in [2.75, 3.05) is 0 Å². The molecule has 0 aliphatic heterocycles. The van der Waals surface area contributed by atoms with Crippen LogP contribution in [0.5, 0.6) is 0 Å². The number of benzene rings is 8. The lowest BCUT2D eigenvalue weighted by Crippen LogP contribution is -2.49. The van der Waals surface area contributed by atoms with Gasteiger partial charge in [0.1, 0.15) is 0 Å². The van der Waals surface area contributed by atoms with E-state index in [2.05, 4.69) is 12.6 Å². The molecule has 8 aromatic rings. The Bertz CT molecular complexity index is 5110. The lowest BCUT2D eigenvalue weighted by atomic mass is 9.74. The quantitative estimate of drug-likeness (QED) is 0.0532. The van der Waals surface area contributed by atoms with Crippen LogP contribution in [0.15, 0.2) is 260 Å². The molecular formula is C58H54O19S10. The Morgan fingerprint density at radius 1 is 0.333 bits per heavy atom. The molecule has 8 rings (SSSR count). The summed E-state index contributed by atoms with van der Waals surface area (Å²) in [5, 5.41) is 0. The fraction of sp³-hybridized carbons (Fsp3) is 0.172. The molecule has 0 aromatic heterocycles. The summed E-state index contributed by atoms with van der Waals surface area (Å²) < 4.78 is 248. The van der Waals surface area contributed by atoms with Gasteiger partial charge in [-0.15, -0.1) is 12.6 Å². The third-order valence-corrected chi connectivity index (χ3v) is 30.7. The second kappa shape index (κ2) is 22.9. The summed E-state index contributed by atoms with van der Waals surface area (Å²) in [5.41, 5.74) is -1.54. The van der Waals surface area contributed by atoms with E-state index in [-0.39, 0.29) is 59.4 Å². The first-order chi connectivity index (χ1) is 39.9. The largest absolute Gasteiger partial charge is 0.294 e. The van der Waals surface area contributed by atoms with Crippen LogP contribution in [0.4, 0.5) is 0 Å². The fourth-order valence-electron chi connectivity index (χ4n) is 9.17. The highest BCUT2D eigenvalue weighted by Gasteiger charge is 2.49. The standard InChI is InChI=1S/C58H54O19S10/c1-56(2,3)52-34-32-51(37-55(52)87(75,76)77)84(69,70)50-33-35-54(53(78)36-50)85(71,72)48-26-24-46(25-27-48)83(67,68)47-28-30-49(31-29-47)86(73,74)58(6,7)57(4,5)38-8-12-40(13-9-38)80(61,62)42-16-20-44(21-17-42)82(65,66)45-22-18-43(19-23-45)81(63,64)41-14-10-39(11-15-41)79(59)60/h8-37,78-79H,1-7H3,(H,75,76,77). The molecule has 0 bridgehead atoms. The molecule has 29 heteroatoms. The topological polar surface area (TPSA) is 327 Å². The van der Waals surface area contributed by atoms with E-state index in [0.29, 0.717) is 5.56 Å². The Labute approximate surface area is 513 Å². The van der Waals surface area contributed by atoms with Gasteiger partial charge in [-0.1, -0.05) is 52.8 Å². The highest BCUT2D eigenvalue weighted by Crippen LogP contribution is 2.44. The normalized spacial score (nSPS) is 13.6. The smallest absolute Gasteiger partial charge is 0.282 e. The summed E-state index contributed by atoms with van der Waals surface area (Å²) in [7, 11) is -38.3. The monoisotopic (exact) mass is 1370 g/mol. The summed E-state index contributed by atoms with van der Waals surface area (Å²) in [6.45, 7) is 11.1. The van der Waals surface area contributed by atoms with Crippen molar-refractivity contribution in [2.45, 2.75) is 142 Å². The third-order valence-electron chi connectivity index (χ3n) is 15.1. The first-order valence-corrected chi connectivity index (χ1v) is 38.8. The summed E-state index contributed by atoms with van der Waals surface area (Å²) in [6.07, 6.45) is 0. The van der Waals surface area contributed by atoms with Crippen LogP contribution in [-0.2, 0) is 101 Å². The molecule has 8 aromatic carbocycles. The SMILES string of the molecule is CC(C)(C)c1ccc(S(=O)(=O)c2ccc(S(=O)(=O)c3ccc(S(=O)(=O)c4ccc(S(=O)(=O)C(C)(C)C(C)(C)c5ccc(S(=O)(=O)c6ccc(S(=O)(=O)c7ccc(S(=O)(=O)c8ccc([SH](=O)=O)cc8)cc7)cc6)cc5)cc4)cc3)c(S)c2)cc1S(=O)(=O)O. The van der Waals surface area contributed by atoms with Crippen LogP contribution in [-0.4, -0.2) is 85.1 Å². The summed E-state index contributed by atoms with van der Waals surface area (Å²) in [4.78, 5) is -5.44. The van der Waals surface area contributed by atoms with Crippen molar-refractivity contribution in [3.63, 3.8) is 0 Å². The second-order valence-electron chi connectivity index (χ2n) is 21.8. The van der Waals surface area contributed by atoms with Gasteiger partial charge in [-0.25, -0.2) is 67.3 Å².